The van der Waals surface area contributed by atoms with Gasteiger partial charge >= 0.3 is 0 Å². The number of aromatic nitrogens is 1. The van der Waals surface area contributed by atoms with Crippen LogP contribution in [0.4, 0.5) is 5.13 Å². The van der Waals surface area contributed by atoms with Gasteiger partial charge in [-0.2, -0.15) is 0 Å². The molecule has 4 nitrogen and oxygen atoms in total. The fourth-order valence-electron chi connectivity index (χ4n) is 3.03. The third-order valence-electron chi connectivity index (χ3n) is 4.24. The highest BCUT2D eigenvalue weighted by Gasteiger charge is 2.22. The molecule has 1 heterocycles. The Morgan fingerprint density at radius 2 is 1.96 bits per heavy atom. The van der Waals surface area contributed by atoms with Gasteiger partial charge in [0.05, 0.1) is 10.6 Å². The molecule has 124 valence electrons. The summed E-state index contributed by atoms with van der Waals surface area (Å²) >= 11 is 1.27. The van der Waals surface area contributed by atoms with Gasteiger partial charge in [-0.05, 0) is 35.3 Å². The molecule has 1 aliphatic carbocycles. The Morgan fingerprint density at radius 1 is 1.12 bits per heavy atom. The van der Waals surface area contributed by atoms with Crippen molar-refractivity contribution in [2.45, 2.75) is 19.3 Å². The molecule has 1 amide bonds. The number of hydrogen-bond donors (Lipinski definition) is 1. The number of aryl methyl sites for hydroxylation is 1. The summed E-state index contributed by atoms with van der Waals surface area (Å²) in [5.74, 6) is -0.114. The predicted molar refractivity (Wildman–Crippen MR) is 101 cm³/mol. The van der Waals surface area contributed by atoms with Crippen LogP contribution in [0.15, 0.2) is 48.5 Å². The first-order valence-corrected chi connectivity index (χ1v) is 9.02. The van der Waals surface area contributed by atoms with Crippen LogP contribution < -0.4 is 5.32 Å². The minimum Gasteiger partial charge on any atom is -0.298 e. The third kappa shape index (κ3) is 3.23. The number of anilines is 1. The van der Waals surface area contributed by atoms with Crippen molar-refractivity contribution in [2.75, 3.05) is 5.32 Å². The SMILES string of the molecule is O=C(/C=C\c1cccc2ccccc12)Nc1nc2c(s1)C(=O)CCC2. The molecule has 0 atom stereocenters. The number of Topliss-reactive ketones (excluding diaryl/α,β-unsaturated/α-hetero) is 1. The molecule has 1 aromatic heterocycles. The number of hydrogen-bond acceptors (Lipinski definition) is 4. The zero-order valence-electron chi connectivity index (χ0n) is 13.5. The highest BCUT2D eigenvalue weighted by atomic mass is 32.1. The number of carbonyl (C=O) groups is 2. The maximum absolute atomic E-state index is 12.2. The summed E-state index contributed by atoms with van der Waals surface area (Å²) in [5, 5.41) is 5.50. The van der Waals surface area contributed by atoms with E-state index in [-0.39, 0.29) is 11.7 Å². The van der Waals surface area contributed by atoms with E-state index in [4.69, 9.17) is 0 Å². The van der Waals surface area contributed by atoms with Crippen LogP contribution in [-0.4, -0.2) is 16.7 Å². The van der Waals surface area contributed by atoms with Gasteiger partial charge in [-0.25, -0.2) is 4.98 Å². The molecule has 0 fully saturated rings. The Bertz CT molecular complexity index is 999. The molecule has 1 aliphatic rings. The molecular formula is C20H16N2O2S. The highest BCUT2D eigenvalue weighted by molar-refractivity contribution is 7.17. The molecule has 25 heavy (non-hydrogen) atoms. The van der Waals surface area contributed by atoms with Crippen LogP contribution in [0, 0.1) is 0 Å². The molecule has 0 unspecified atom stereocenters. The molecule has 0 saturated carbocycles. The van der Waals surface area contributed by atoms with Gasteiger partial charge < -0.3 is 0 Å². The summed E-state index contributed by atoms with van der Waals surface area (Å²) < 4.78 is 0. The van der Waals surface area contributed by atoms with Gasteiger partial charge in [0.2, 0.25) is 5.91 Å². The molecule has 5 heteroatoms. The largest absolute Gasteiger partial charge is 0.298 e. The average molecular weight is 348 g/mol. The highest BCUT2D eigenvalue weighted by Crippen LogP contribution is 2.29. The zero-order valence-corrected chi connectivity index (χ0v) is 14.3. The van der Waals surface area contributed by atoms with Gasteiger partial charge in [0.1, 0.15) is 0 Å². The second kappa shape index (κ2) is 6.61. The molecular weight excluding hydrogens is 332 g/mol. The van der Waals surface area contributed by atoms with Gasteiger partial charge in [-0.15, -0.1) is 0 Å². The first-order valence-electron chi connectivity index (χ1n) is 8.20. The quantitative estimate of drug-likeness (QED) is 0.711. The van der Waals surface area contributed by atoms with Crippen LogP contribution in [0.2, 0.25) is 0 Å². The monoisotopic (exact) mass is 348 g/mol. The van der Waals surface area contributed by atoms with Crippen molar-refractivity contribution in [3.63, 3.8) is 0 Å². The van der Waals surface area contributed by atoms with E-state index in [2.05, 4.69) is 10.3 Å². The van der Waals surface area contributed by atoms with Gasteiger partial charge in [-0.1, -0.05) is 53.8 Å². The number of carbonyl (C=O) groups excluding carboxylic acids is 2. The van der Waals surface area contributed by atoms with Gasteiger partial charge in [0, 0.05) is 12.5 Å². The van der Waals surface area contributed by atoms with Crippen LogP contribution >= 0.6 is 11.3 Å². The fraction of sp³-hybridized carbons (Fsp3) is 0.150. The zero-order chi connectivity index (χ0) is 17.2. The Kier molecular flexibility index (Phi) is 4.15. The van der Waals surface area contributed by atoms with E-state index in [1.165, 1.54) is 17.4 Å². The van der Waals surface area contributed by atoms with E-state index < -0.39 is 0 Å². The first kappa shape index (κ1) is 15.7. The topological polar surface area (TPSA) is 59.1 Å². The molecule has 0 aliphatic heterocycles. The Balaban J connectivity index is 1.52. The van der Waals surface area contributed by atoms with E-state index in [1.807, 2.05) is 42.5 Å². The summed E-state index contributed by atoms with van der Waals surface area (Å²) in [5.41, 5.74) is 1.80. The second-order valence-corrected chi connectivity index (χ2v) is 6.96. The van der Waals surface area contributed by atoms with Crippen LogP contribution in [-0.2, 0) is 11.2 Å². The normalized spacial score (nSPS) is 14.0. The molecule has 1 N–H and O–H groups in total. The number of thiazole rings is 1. The standard InChI is InChI=1S/C20H16N2O2S/c23-17-10-4-9-16-19(17)25-20(21-16)22-18(24)12-11-14-7-3-6-13-5-1-2-8-15(13)14/h1-3,5-8,11-12H,4,9-10H2,(H,21,22,24)/b12-11-. The van der Waals surface area contributed by atoms with Crippen LogP contribution in [0.1, 0.15) is 33.8 Å². The predicted octanol–water partition coefficient (Wildman–Crippen LogP) is 4.47. The van der Waals surface area contributed by atoms with E-state index in [0.717, 1.165) is 34.9 Å². The van der Waals surface area contributed by atoms with Crippen molar-refractivity contribution >= 4 is 45.0 Å². The van der Waals surface area contributed by atoms with Crippen molar-refractivity contribution < 1.29 is 9.59 Å². The van der Waals surface area contributed by atoms with E-state index in [1.54, 1.807) is 6.08 Å². The number of fused-ring (bicyclic) bond motifs is 2. The molecule has 0 spiro atoms. The number of ketones is 1. The van der Waals surface area contributed by atoms with Gasteiger partial charge in [-0.3, -0.25) is 14.9 Å². The summed E-state index contributed by atoms with van der Waals surface area (Å²) in [6.45, 7) is 0. The van der Waals surface area contributed by atoms with Gasteiger partial charge in [0.25, 0.3) is 0 Å². The summed E-state index contributed by atoms with van der Waals surface area (Å²) in [7, 11) is 0. The molecule has 0 bridgehead atoms. The molecule has 0 saturated heterocycles. The Labute approximate surface area is 149 Å². The first-order chi connectivity index (χ1) is 12.2. The average Bonchev–Trinajstić information content (AvgIpc) is 3.04. The minimum absolute atomic E-state index is 0.130. The van der Waals surface area contributed by atoms with E-state index in [9.17, 15) is 9.59 Å². The van der Waals surface area contributed by atoms with Crippen LogP contribution in [0.25, 0.3) is 16.8 Å². The van der Waals surface area contributed by atoms with E-state index >= 15 is 0 Å². The van der Waals surface area contributed by atoms with Crippen LogP contribution in [0.3, 0.4) is 0 Å². The molecule has 0 radical (unpaired) electrons. The fourth-order valence-corrected chi connectivity index (χ4v) is 4.01. The third-order valence-corrected chi connectivity index (χ3v) is 5.29. The molecule has 4 rings (SSSR count). The number of rotatable bonds is 3. The van der Waals surface area contributed by atoms with E-state index in [0.29, 0.717) is 16.4 Å². The number of amides is 1. The maximum Gasteiger partial charge on any atom is 0.250 e. The lowest BCUT2D eigenvalue weighted by molar-refractivity contribution is -0.111. The lowest BCUT2D eigenvalue weighted by Gasteiger charge is -2.05. The summed E-state index contributed by atoms with van der Waals surface area (Å²) in [6, 6.07) is 14.1. The second-order valence-electron chi connectivity index (χ2n) is 5.96. The smallest absolute Gasteiger partial charge is 0.250 e. The number of benzene rings is 2. The van der Waals surface area contributed by atoms with Crippen LogP contribution in [0.5, 0.6) is 0 Å². The Hall–Kier alpha value is -2.79. The lowest BCUT2D eigenvalue weighted by atomic mass is 10.0. The summed E-state index contributed by atoms with van der Waals surface area (Å²) in [6.07, 6.45) is 5.52. The maximum atomic E-state index is 12.2. The number of nitrogens with zero attached hydrogens (tertiary/aromatic N) is 1. The molecule has 3 aromatic rings. The van der Waals surface area contributed by atoms with Crippen molar-refractivity contribution in [3.05, 3.63) is 64.7 Å². The lowest BCUT2D eigenvalue weighted by Crippen LogP contribution is -2.08. The van der Waals surface area contributed by atoms with Gasteiger partial charge in [0.15, 0.2) is 10.9 Å². The molecule has 2 aromatic carbocycles. The van der Waals surface area contributed by atoms with Crippen molar-refractivity contribution in [3.8, 4) is 0 Å². The minimum atomic E-state index is -0.244. The van der Waals surface area contributed by atoms with Crippen molar-refractivity contribution in [2.24, 2.45) is 0 Å². The summed E-state index contributed by atoms with van der Waals surface area (Å²) in [4.78, 5) is 29.1. The Morgan fingerprint density at radius 3 is 2.84 bits per heavy atom. The number of nitrogens with one attached hydrogen (secondary N) is 1. The van der Waals surface area contributed by atoms with Crippen molar-refractivity contribution in [1.29, 1.82) is 0 Å². The van der Waals surface area contributed by atoms with Crippen molar-refractivity contribution in [1.82, 2.24) is 4.98 Å².